The minimum atomic E-state index is -0.510. The zero-order chi connectivity index (χ0) is 18.8. The van der Waals surface area contributed by atoms with Crippen LogP contribution in [-0.2, 0) is 11.2 Å². The van der Waals surface area contributed by atoms with Crippen molar-refractivity contribution < 1.29 is 15.0 Å². The number of carbonyl (C=O) groups is 1. The molecular weight excluding hydrogens is 362 g/mol. The Bertz CT molecular complexity index is 744. The average molecular weight is 390 g/mol. The molecule has 0 aromatic heterocycles. The van der Waals surface area contributed by atoms with E-state index in [0.717, 1.165) is 43.5 Å². The Morgan fingerprint density at radius 2 is 1.89 bits per heavy atom. The van der Waals surface area contributed by atoms with Crippen LogP contribution in [0.3, 0.4) is 0 Å². The van der Waals surface area contributed by atoms with E-state index in [4.69, 9.17) is 11.6 Å². The second-order valence-electron chi connectivity index (χ2n) is 9.74. The molecule has 4 bridgehead atoms. The predicted octanol–water partition coefficient (Wildman–Crippen LogP) is 3.03. The lowest BCUT2D eigenvalue weighted by Gasteiger charge is -2.64. The van der Waals surface area contributed by atoms with Crippen LogP contribution in [0, 0.1) is 23.2 Å². The molecule has 0 spiro atoms. The largest absolute Gasteiger partial charge is 0.390 e. The maximum atomic E-state index is 13.0. The third kappa shape index (κ3) is 3.01. The first-order valence-corrected chi connectivity index (χ1v) is 10.7. The number of aliphatic hydroxyl groups is 2. The van der Waals surface area contributed by atoms with Crippen molar-refractivity contribution >= 4 is 17.5 Å². The van der Waals surface area contributed by atoms with Crippen molar-refractivity contribution in [2.24, 2.45) is 23.2 Å². The van der Waals surface area contributed by atoms with E-state index in [0.29, 0.717) is 37.3 Å². The summed E-state index contributed by atoms with van der Waals surface area (Å²) < 4.78 is 0. The molecule has 2 unspecified atom stereocenters. The Kier molecular flexibility index (Phi) is 4.12. The van der Waals surface area contributed by atoms with Gasteiger partial charge in [-0.3, -0.25) is 4.79 Å². The molecule has 1 saturated heterocycles. The minimum absolute atomic E-state index is 0.0918. The normalized spacial score (nSPS) is 40.3. The first-order chi connectivity index (χ1) is 12.9. The summed E-state index contributed by atoms with van der Waals surface area (Å²) in [6.07, 6.45) is 5.90. The van der Waals surface area contributed by atoms with Crippen LogP contribution >= 0.6 is 11.6 Å². The molecule has 4 aliphatic carbocycles. The Morgan fingerprint density at radius 3 is 2.48 bits per heavy atom. The van der Waals surface area contributed by atoms with Gasteiger partial charge in [-0.25, -0.2) is 0 Å². The van der Waals surface area contributed by atoms with Gasteiger partial charge in [0.05, 0.1) is 11.7 Å². The molecule has 1 aromatic carbocycles. The molecule has 2 N–H and O–H groups in total. The van der Waals surface area contributed by atoms with Crippen molar-refractivity contribution in [3.05, 3.63) is 34.9 Å². The fourth-order valence-electron chi connectivity index (χ4n) is 6.87. The fraction of sp³-hybridized carbons (Fsp3) is 0.682. The number of likely N-dealkylation sites (tertiary alicyclic amines) is 1. The number of rotatable bonds is 4. The third-order valence-corrected chi connectivity index (χ3v) is 8.14. The summed E-state index contributed by atoms with van der Waals surface area (Å²) in [6.45, 7) is 0.932. The smallest absolute Gasteiger partial charge is 0.223 e. The molecule has 146 valence electrons. The lowest BCUT2D eigenvalue weighted by atomic mass is 9.42. The molecule has 1 aromatic rings. The maximum Gasteiger partial charge on any atom is 0.223 e. The van der Waals surface area contributed by atoms with Crippen LogP contribution in [0.5, 0.6) is 0 Å². The molecule has 1 amide bonds. The monoisotopic (exact) mass is 389 g/mol. The number of halogens is 1. The molecule has 0 radical (unpaired) electrons. The molecule has 1 aliphatic heterocycles. The summed E-state index contributed by atoms with van der Waals surface area (Å²) in [7, 11) is 0. The summed E-state index contributed by atoms with van der Waals surface area (Å²) in [6, 6.07) is 8.03. The highest BCUT2D eigenvalue weighted by atomic mass is 35.5. The molecule has 2 atom stereocenters. The van der Waals surface area contributed by atoms with E-state index in [1.54, 1.807) is 4.90 Å². The molecular formula is C22H28ClNO3. The Balaban J connectivity index is 1.47. The van der Waals surface area contributed by atoms with Gasteiger partial charge in [-0.2, -0.15) is 0 Å². The van der Waals surface area contributed by atoms with Gasteiger partial charge in [0.1, 0.15) is 0 Å². The van der Waals surface area contributed by atoms with Crippen molar-refractivity contribution in [2.75, 3.05) is 13.1 Å². The SMILES string of the molecule is O=C(C[C@]1(Cc2cccc(Cl)c2)C2CC3CC1C[C@](O)(C3)C2)N1CC(O)C1. The van der Waals surface area contributed by atoms with Crippen LogP contribution in [0.25, 0.3) is 0 Å². The Morgan fingerprint density at radius 1 is 1.19 bits per heavy atom. The maximum absolute atomic E-state index is 13.0. The van der Waals surface area contributed by atoms with E-state index in [1.165, 1.54) is 5.56 Å². The second kappa shape index (κ2) is 6.20. The summed E-state index contributed by atoms with van der Waals surface area (Å²) >= 11 is 6.24. The van der Waals surface area contributed by atoms with Gasteiger partial charge in [0.25, 0.3) is 0 Å². The highest BCUT2D eigenvalue weighted by Crippen LogP contribution is 2.65. The van der Waals surface area contributed by atoms with Gasteiger partial charge < -0.3 is 15.1 Å². The van der Waals surface area contributed by atoms with E-state index in [9.17, 15) is 15.0 Å². The number of β-amino-alcohol motifs (C(OH)–C–C–N with tert-alkyl or cyclic N) is 1. The van der Waals surface area contributed by atoms with Gasteiger partial charge in [0.15, 0.2) is 0 Å². The molecule has 27 heavy (non-hydrogen) atoms. The molecule has 4 saturated carbocycles. The van der Waals surface area contributed by atoms with Crippen molar-refractivity contribution in [3.63, 3.8) is 0 Å². The first kappa shape index (κ1) is 18.0. The highest BCUT2D eigenvalue weighted by molar-refractivity contribution is 6.30. The third-order valence-electron chi connectivity index (χ3n) is 7.90. The van der Waals surface area contributed by atoms with E-state index in [1.807, 2.05) is 18.2 Å². The summed E-state index contributed by atoms with van der Waals surface area (Å²) in [4.78, 5) is 14.8. The van der Waals surface area contributed by atoms with Crippen LogP contribution in [0.15, 0.2) is 24.3 Å². The number of carbonyl (C=O) groups excluding carboxylic acids is 1. The van der Waals surface area contributed by atoms with Crippen LogP contribution < -0.4 is 0 Å². The second-order valence-corrected chi connectivity index (χ2v) is 10.2. The predicted molar refractivity (Wildman–Crippen MR) is 103 cm³/mol. The molecule has 6 rings (SSSR count). The van der Waals surface area contributed by atoms with Gasteiger partial charge in [-0.05, 0) is 79.4 Å². The summed E-state index contributed by atoms with van der Waals surface area (Å²) in [5.74, 6) is 1.56. The fourth-order valence-corrected chi connectivity index (χ4v) is 7.08. The molecule has 5 fully saturated rings. The van der Waals surface area contributed by atoms with Crippen molar-refractivity contribution in [2.45, 2.75) is 56.7 Å². The van der Waals surface area contributed by atoms with Crippen LogP contribution in [0.4, 0.5) is 0 Å². The molecule has 5 heteroatoms. The highest BCUT2D eigenvalue weighted by Gasteiger charge is 2.62. The van der Waals surface area contributed by atoms with Gasteiger partial charge in [0.2, 0.25) is 5.91 Å². The number of nitrogens with zero attached hydrogens (tertiary/aromatic N) is 1. The lowest BCUT2D eigenvalue weighted by Crippen LogP contribution is -2.62. The van der Waals surface area contributed by atoms with Crippen LogP contribution in [0.1, 0.15) is 44.1 Å². The summed E-state index contributed by atoms with van der Waals surface area (Å²) in [5.41, 5.74) is 0.592. The van der Waals surface area contributed by atoms with Gasteiger partial charge >= 0.3 is 0 Å². The van der Waals surface area contributed by atoms with Gasteiger partial charge in [-0.15, -0.1) is 0 Å². The zero-order valence-electron chi connectivity index (χ0n) is 15.6. The Labute approximate surface area is 165 Å². The number of hydrogen-bond donors (Lipinski definition) is 2. The number of benzene rings is 1. The Hall–Kier alpha value is -1.10. The topological polar surface area (TPSA) is 60.8 Å². The molecule has 1 heterocycles. The quantitative estimate of drug-likeness (QED) is 0.832. The zero-order valence-corrected chi connectivity index (χ0v) is 16.4. The lowest BCUT2D eigenvalue weighted by molar-refractivity contribution is -0.198. The van der Waals surface area contributed by atoms with Crippen LogP contribution in [0.2, 0.25) is 5.02 Å². The first-order valence-electron chi connectivity index (χ1n) is 10.3. The van der Waals surface area contributed by atoms with Crippen molar-refractivity contribution in [1.29, 1.82) is 0 Å². The standard InChI is InChI=1S/C22H28ClNO3/c23-18-3-1-2-14(6-18)8-22(11-20(26)24-12-19(25)13-24)16-4-15-5-17(22)10-21(27,7-15)9-16/h1-3,6,15-17,19,25,27H,4-5,7-13H2/t15?,16?,17?,21-,22+. The molecule has 5 aliphatic rings. The van der Waals surface area contributed by atoms with Gasteiger partial charge in [-0.1, -0.05) is 23.7 Å². The summed E-state index contributed by atoms with van der Waals surface area (Å²) in [5, 5.41) is 21.4. The van der Waals surface area contributed by atoms with E-state index >= 15 is 0 Å². The van der Waals surface area contributed by atoms with E-state index in [-0.39, 0.29) is 17.4 Å². The number of aliphatic hydroxyl groups excluding tert-OH is 1. The van der Waals surface area contributed by atoms with Crippen molar-refractivity contribution in [3.8, 4) is 0 Å². The minimum Gasteiger partial charge on any atom is -0.390 e. The average Bonchev–Trinajstić information content (AvgIpc) is 2.55. The van der Waals surface area contributed by atoms with Crippen molar-refractivity contribution in [1.82, 2.24) is 4.90 Å². The molecule has 4 nitrogen and oxygen atoms in total. The van der Waals surface area contributed by atoms with E-state index < -0.39 is 5.60 Å². The van der Waals surface area contributed by atoms with Gasteiger partial charge in [0, 0.05) is 24.5 Å². The van der Waals surface area contributed by atoms with Crippen LogP contribution in [-0.4, -0.2) is 45.8 Å². The van der Waals surface area contributed by atoms with E-state index in [2.05, 4.69) is 6.07 Å². The number of hydrogen-bond acceptors (Lipinski definition) is 3. The number of amides is 1.